The third-order valence-corrected chi connectivity index (χ3v) is 3.90. The second-order valence-electron chi connectivity index (χ2n) is 8.09. The predicted octanol–water partition coefficient (Wildman–Crippen LogP) is 6.58. The minimum Gasteiger partial charge on any atom is -0.481 e. The second-order valence-corrected chi connectivity index (χ2v) is 8.09. The van der Waals surface area contributed by atoms with Crippen LogP contribution in [0.2, 0.25) is 0 Å². The highest BCUT2D eigenvalue weighted by molar-refractivity contribution is 5.66. The summed E-state index contributed by atoms with van der Waals surface area (Å²) in [7, 11) is 0. The van der Waals surface area contributed by atoms with Gasteiger partial charge in [0, 0.05) is 6.42 Å². The van der Waals surface area contributed by atoms with E-state index in [0.717, 1.165) is 19.3 Å². The maximum absolute atomic E-state index is 10.3. The van der Waals surface area contributed by atoms with E-state index in [1.54, 1.807) is 0 Å². The molecule has 24 heavy (non-hydrogen) atoms. The third-order valence-electron chi connectivity index (χ3n) is 3.90. The largest absolute Gasteiger partial charge is 0.481 e. The van der Waals surface area contributed by atoms with Gasteiger partial charge in [-0.3, -0.25) is 4.79 Å². The fourth-order valence-corrected chi connectivity index (χ4v) is 2.94. The van der Waals surface area contributed by atoms with Gasteiger partial charge >= 0.3 is 5.97 Å². The molecule has 146 valence electrons. The number of unbranched alkanes of at least 4 members (excludes halogenated alkanes) is 10. The summed E-state index contributed by atoms with van der Waals surface area (Å²) in [6.07, 6.45) is 15.2. The van der Waals surface area contributed by atoms with Gasteiger partial charge in [0.25, 0.3) is 0 Å². The molecule has 0 aliphatic carbocycles. The standard InChI is InChI=1S/C14H28O2.C7H16O/c1-2-3-4-5-6-7-8-9-10-11-12-13-14(15)16;1-6(2)5-7(3,4)8/h2-13H2,1H3,(H,15,16);6,8H,5H2,1-4H3. The number of aliphatic carboxylic acids is 1. The summed E-state index contributed by atoms with van der Waals surface area (Å²) in [5, 5.41) is 17.6. The van der Waals surface area contributed by atoms with Crippen LogP contribution in [0.1, 0.15) is 118 Å². The topological polar surface area (TPSA) is 57.5 Å². The average molecular weight is 345 g/mol. The molecule has 0 radical (unpaired) electrons. The fourth-order valence-electron chi connectivity index (χ4n) is 2.94. The Balaban J connectivity index is 0. The maximum Gasteiger partial charge on any atom is 0.303 e. The number of carboxylic acid groups (broad SMARTS) is 1. The number of rotatable bonds is 14. The Hall–Kier alpha value is -0.570. The zero-order chi connectivity index (χ0) is 18.8. The Morgan fingerprint density at radius 2 is 1.21 bits per heavy atom. The molecule has 0 aliphatic rings. The minimum absolute atomic E-state index is 0.344. The molecule has 0 aliphatic heterocycles. The molecular formula is C21H44O3. The van der Waals surface area contributed by atoms with Gasteiger partial charge in [-0.1, -0.05) is 85.0 Å². The number of aliphatic hydroxyl groups is 1. The lowest BCUT2D eigenvalue weighted by atomic mass is 9.97. The highest BCUT2D eigenvalue weighted by Gasteiger charge is 2.13. The molecule has 0 aromatic heterocycles. The summed E-state index contributed by atoms with van der Waals surface area (Å²) in [5.74, 6) is -0.0640. The summed E-state index contributed by atoms with van der Waals surface area (Å²) >= 11 is 0. The molecule has 3 nitrogen and oxygen atoms in total. The minimum atomic E-state index is -0.657. The summed E-state index contributed by atoms with van der Waals surface area (Å²) in [6.45, 7) is 10.1. The number of hydrogen-bond acceptors (Lipinski definition) is 2. The first-order valence-electron chi connectivity index (χ1n) is 10.1. The first kappa shape index (κ1) is 25.7. The molecule has 2 N–H and O–H groups in total. The molecule has 0 rings (SSSR count). The van der Waals surface area contributed by atoms with E-state index in [0.29, 0.717) is 12.3 Å². The van der Waals surface area contributed by atoms with E-state index >= 15 is 0 Å². The number of hydrogen-bond donors (Lipinski definition) is 2. The van der Waals surface area contributed by atoms with E-state index in [1.165, 1.54) is 57.8 Å². The van der Waals surface area contributed by atoms with Crippen LogP contribution in [0.25, 0.3) is 0 Å². The highest BCUT2D eigenvalue weighted by atomic mass is 16.4. The Morgan fingerprint density at radius 1 is 0.833 bits per heavy atom. The van der Waals surface area contributed by atoms with Crippen LogP contribution >= 0.6 is 0 Å². The van der Waals surface area contributed by atoms with E-state index in [9.17, 15) is 9.90 Å². The normalized spacial score (nSPS) is 11.3. The first-order valence-corrected chi connectivity index (χ1v) is 10.1. The van der Waals surface area contributed by atoms with Crippen LogP contribution in [-0.2, 0) is 4.79 Å². The smallest absolute Gasteiger partial charge is 0.303 e. The molecule has 0 fully saturated rings. The van der Waals surface area contributed by atoms with Gasteiger partial charge in [0.1, 0.15) is 0 Å². The van der Waals surface area contributed by atoms with Gasteiger partial charge in [0.05, 0.1) is 5.60 Å². The van der Waals surface area contributed by atoms with Crippen LogP contribution in [0, 0.1) is 5.92 Å². The summed E-state index contributed by atoms with van der Waals surface area (Å²) in [5.41, 5.74) is -0.478. The van der Waals surface area contributed by atoms with Gasteiger partial charge in [-0.15, -0.1) is 0 Å². The molecule has 0 unspecified atom stereocenters. The second kappa shape index (κ2) is 17.3. The van der Waals surface area contributed by atoms with Gasteiger partial charge < -0.3 is 10.2 Å². The molecule has 0 saturated heterocycles. The van der Waals surface area contributed by atoms with Crippen molar-refractivity contribution in [3.8, 4) is 0 Å². The molecular weight excluding hydrogens is 300 g/mol. The highest BCUT2D eigenvalue weighted by Crippen LogP contribution is 2.14. The Morgan fingerprint density at radius 3 is 1.46 bits per heavy atom. The lowest BCUT2D eigenvalue weighted by Crippen LogP contribution is -2.20. The Kier molecular flexibility index (Phi) is 18.5. The van der Waals surface area contributed by atoms with Crippen LogP contribution in [0.4, 0.5) is 0 Å². The summed E-state index contributed by atoms with van der Waals surface area (Å²) < 4.78 is 0. The molecule has 0 aromatic carbocycles. The van der Waals surface area contributed by atoms with Gasteiger partial charge in [0.2, 0.25) is 0 Å². The molecule has 0 saturated carbocycles. The van der Waals surface area contributed by atoms with Crippen LogP contribution < -0.4 is 0 Å². The molecule has 3 heteroatoms. The van der Waals surface area contributed by atoms with Crippen molar-refractivity contribution >= 4 is 5.97 Å². The van der Waals surface area contributed by atoms with Crippen molar-refractivity contribution in [1.82, 2.24) is 0 Å². The van der Waals surface area contributed by atoms with Crippen molar-refractivity contribution in [3.63, 3.8) is 0 Å². The zero-order valence-corrected chi connectivity index (χ0v) is 17.1. The lowest BCUT2D eigenvalue weighted by molar-refractivity contribution is -0.137. The first-order chi connectivity index (χ1) is 11.2. The van der Waals surface area contributed by atoms with Crippen LogP contribution in [0.3, 0.4) is 0 Å². The Bertz CT molecular complexity index is 267. The molecule has 0 aromatic rings. The maximum atomic E-state index is 10.3. The van der Waals surface area contributed by atoms with Crippen molar-refractivity contribution in [2.75, 3.05) is 0 Å². The molecule has 0 atom stereocenters. The monoisotopic (exact) mass is 344 g/mol. The lowest BCUT2D eigenvalue weighted by Gasteiger charge is -2.18. The van der Waals surface area contributed by atoms with E-state index in [2.05, 4.69) is 20.8 Å². The van der Waals surface area contributed by atoms with Gasteiger partial charge in [-0.05, 0) is 32.6 Å². The number of carbonyl (C=O) groups is 1. The van der Waals surface area contributed by atoms with Crippen LogP contribution in [-0.4, -0.2) is 21.8 Å². The van der Waals surface area contributed by atoms with Crippen molar-refractivity contribution in [3.05, 3.63) is 0 Å². The van der Waals surface area contributed by atoms with E-state index < -0.39 is 11.6 Å². The van der Waals surface area contributed by atoms with E-state index in [-0.39, 0.29) is 0 Å². The Labute approximate surface area is 151 Å². The van der Waals surface area contributed by atoms with Gasteiger partial charge in [-0.25, -0.2) is 0 Å². The van der Waals surface area contributed by atoms with Gasteiger partial charge in [0.15, 0.2) is 0 Å². The van der Waals surface area contributed by atoms with Crippen molar-refractivity contribution in [1.29, 1.82) is 0 Å². The van der Waals surface area contributed by atoms with Crippen LogP contribution in [0.5, 0.6) is 0 Å². The fraction of sp³-hybridized carbons (Fsp3) is 0.952. The molecule has 0 amide bonds. The summed E-state index contributed by atoms with van der Waals surface area (Å²) in [6, 6.07) is 0. The molecule has 0 bridgehead atoms. The summed E-state index contributed by atoms with van der Waals surface area (Å²) in [4.78, 5) is 10.3. The van der Waals surface area contributed by atoms with E-state index in [4.69, 9.17) is 5.11 Å². The van der Waals surface area contributed by atoms with Crippen molar-refractivity contribution < 1.29 is 15.0 Å². The average Bonchev–Trinajstić information content (AvgIpc) is 2.42. The molecule has 0 heterocycles. The van der Waals surface area contributed by atoms with Gasteiger partial charge in [-0.2, -0.15) is 0 Å². The van der Waals surface area contributed by atoms with Crippen LogP contribution in [0.15, 0.2) is 0 Å². The van der Waals surface area contributed by atoms with Crippen molar-refractivity contribution in [2.24, 2.45) is 5.92 Å². The number of carboxylic acids is 1. The quantitative estimate of drug-likeness (QED) is 0.350. The SMILES string of the molecule is CC(C)CC(C)(C)O.CCCCCCCCCCCCCC(=O)O. The van der Waals surface area contributed by atoms with E-state index in [1.807, 2.05) is 13.8 Å². The zero-order valence-electron chi connectivity index (χ0n) is 17.1. The van der Waals surface area contributed by atoms with Crippen molar-refractivity contribution in [2.45, 2.75) is 124 Å². The molecule has 0 spiro atoms. The predicted molar refractivity (Wildman–Crippen MR) is 104 cm³/mol. The third kappa shape index (κ3) is 29.4.